The zero-order valence-corrected chi connectivity index (χ0v) is 22.2. The number of aromatic nitrogens is 2. The molecule has 4 rings (SSSR count). The zero-order valence-electron chi connectivity index (χ0n) is 22.2. The van der Waals surface area contributed by atoms with Crippen LogP contribution in [0.3, 0.4) is 0 Å². The third-order valence-corrected chi connectivity index (χ3v) is 6.75. The second kappa shape index (κ2) is 11.2. The van der Waals surface area contributed by atoms with Gasteiger partial charge in [-0.3, -0.25) is 5.32 Å². The largest absolute Gasteiger partial charge is 0.444 e. The molecule has 0 bridgehead atoms. The number of hydrogen-bond acceptors (Lipinski definition) is 6. The molecular formula is C28H35F3N4O3. The van der Waals surface area contributed by atoms with Crippen molar-refractivity contribution >= 4 is 6.09 Å². The van der Waals surface area contributed by atoms with E-state index in [-0.39, 0.29) is 28.9 Å². The minimum atomic E-state index is -4.49. The maximum atomic E-state index is 14.0. The molecule has 0 radical (unpaired) electrons. The first-order valence-corrected chi connectivity index (χ1v) is 13.1. The monoisotopic (exact) mass is 532 g/mol. The number of allylic oxidation sites excluding steroid dienone is 2. The molecule has 2 aliphatic rings. The van der Waals surface area contributed by atoms with Crippen LogP contribution in [-0.4, -0.2) is 33.3 Å². The molecule has 0 saturated carbocycles. The van der Waals surface area contributed by atoms with Crippen LogP contribution in [0.15, 0.2) is 46.8 Å². The second-order valence-corrected chi connectivity index (χ2v) is 10.9. The average Bonchev–Trinajstić information content (AvgIpc) is 3.51. The zero-order chi connectivity index (χ0) is 27.5. The third kappa shape index (κ3) is 6.96. The van der Waals surface area contributed by atoms with Gasteiger partial charge in [0.05, 0.1) is 5.56 Å². The highest BCUT2D eigenvalue weighted by molar-refractivity contribution is 5.69. The molecule has 1 atom stereocenters. The highest BCUT2D eigenvalue weighted by Gasteiger charge is 2.35. The summed E-state index contributed by atoms with van der Waals surface area (Å²) in [6, 6.07) is 3.88. The number of amides is 1. The topological polar surface area (TPSA) is 80.5 Å². The standard InChI is InChI=1S/C28H35F3N4O3/c1-18(32-26(36)37-27(2,3)4)35-16-8-11-23(35)25-33-24(34-38-25)21-15-14-20(22(17-21)28(29,30)31)13-12-19-9-6-5-7-10-19/h9,14-15,17,23H,1,5-8,10-13,16H2,2-4H3,(H,32,36)/t23-/m0/s1. The van der Waals surface area contributed by atoms with Gasteiger partial charge >= 0.3 is 12.3 Å². The smallest absolute Gasteiger partial charge is 0.416 e. The van der Waals surface area contributed by atoms with E-state index in [0.717, 1.165) is 38.2 Å². The number of likely N-dealkylation sites (tertiary alicyclic amines) is 1. The van der Waals surface area contributed by atoms with Crippen molar-refractivity contribution in [2.24, 2.45) is 0 Å². The van der Waals surface area contributed by atoms with Gasteiger partial charge in [-0.25, -0.2) is 4.79 Å². The van der Waals surface area contributed by atoms with Gasteiger partial charge in [-0.1, -0.05) is 35.5 Å². The van der Waals surface area contributed by atoms with Crippen molar-refractivity contribution in [1.82, 2.24) is 20.4 Å². The predicted molar refractivity (Wildman–Crippen MR) is 137 cm³/mol. The summed E-state index contributed by atoms with van der Waals surface area (Å²) in [5, 5.41) is 6.61. The first-order valence-electron chi connectivity index (χ1n) is 13.1. The van der Waals surface area contributed by atoms with Crippen LogP contribution in [0.25, 0.3) is 11.4 Å². The highest BCUT2D eigenvalue weighted by atomic mass is 19.4. The number of benzene rings is 1. The van der Waals surface area contributed by atoms with E-state index in [1.165, 1.54) is 11.6 Å². The van der Waals surface area contributed by atoms with Crippen molar-refractivity contribution in [3.05, 3.63) is 59.3 Å². The first-order chi connectivity index (χ1) is 17.9. The van der Waals surface area contributed by atoms with E-state index in [9.17, 15) is 18.0 Å². The Bertz CT molecular complexity index is 1200. The van der Waals surface area contributed by atoms with E-state index in [1.54, 1.807) is 26.8 Å². The van der Waals surface area contributed by atoms with Gasteiger partial charge in [-0.05, 0) is 83.8 Å². The third-order valence-electron chi connectivity index (χ3n) is 6.75. The van der Waals surface area contributed by atoms with Gasteiger partial charge in [0.25, 0.3) is 0 Å². The number of carbonyl (C=O) groups excluding carboxylic acids is 1. The summed E-state index contributed by atoms with van der Waals surface area (Å²) < 4.78 is 52.7. The molecule has 1 aliphatic heterocycles. The number of aryl methyl sites for hydroxylation is 1. The molecule has 0 spiro atoms. The molecule has 0 unspecified atom stereocenters. The molecule has 1 N–H and O–H groups in total. The van der Waals surface area contributed by atoms with Gasteiger partial charge in [-0.15, -0.1) is 0 Å². The van der Waals surface area contributed by atoms with Crippen LogP contribution in [0.4, 0.5) is 18.0 Å². The van der Waals surface area contributed by atoms with Gasteiger partial charge in [0, 0.05) is 12.1 Å². The summed E-state index contributed by atoms with van der Waals surface area (Å²) in [5.74, 6) is 0.675. The molecule has 1 aliphatic carbocycles. The fourth-order valence-electron chi connectivity index (χ4n) is 4.95. The van der Waals surface area contributed by atoms with Crippen molar-refractivity contribution < 1.29 is 27.2 Å². The predicted octanol–water partition coefficient (Wildman–Crippen LogP) is 7.32. The minimum absolute atomic E-state index is 0.0876. The van der Waals surface area contributed by atoms with E-state index < -0.39 is 23.4 Å². The molecule has 1 aromatic carbocycles. The van der Waals surface area contributed by atoms with Crippen molar-refractivity contribution in [2.45, 2.75) is 90.0 Å². The Morgan fingerprint density at radius 1 is 1.21 bits per heavy atom. The van der Waals surface area contributed by atoms with E-state index in [2.05, 4.69) is 28.1 Å². The Morgan fingerprint density at radius 2 is 2.00 bits per heavy atom. The number of nitrogens with zero attached hydrogens (tertiary/aromatic N) is 3. The van der Waals surface area contributed by atoms with E-state index in [0.29, 0.717) is 31.6 Å². The quantitative estimate of drug-likeness (QED) is 0.376. The van der Waals surface area contributed by atoms with Gasteiger partial charge in [0.2, 0.25) is 11.7 Å². The summed E-state index contributed by atoms with van der Waals surface area (Å²) in [5.41, 5.74) is 0.412. The summed E-state index contributed by atoms with van der Waals surface area (Å²) in [7, 11) is 0. The van der Waals surface area contributed by atoms with Crippen molar-refractivity contribution in [2.75, 3.05) is 6.54 Å². The van der Waals surface area contributed by atoms with Crippen molar-refractivity contribution in [3.8, 4) is 11.4 Å². The highest BCUT2D eigenvalue weighted by Crippen LogP contribution is 2.37. The lowest BCUT2D eigenvalue weighted by molar-refractivity contribution is -0.138. The van der Waals surface area contributed by atoms with Crippen LogP contribution >= 0.6 is 0 Å². The number of rotatable bonds is 7. The number of alkyl carbamates (subject to hydrolysis) is 1. The Hall–Kier alpha value is -3.30. The molecule has 2 aromatic rings. The van der Waals surface area contributed by atoms with Gasteiger partial charge < -0.3 is 14.2 Å². The van der Waals surface area contributed by atoms with Gasteiger partial charge in [-0.2, -0.15) is 18.2 Å². The molecule has 206 valence electrons. The number of hydrogen-bond donors (Lipinski definition) is 1. The second-order valence-electron chi connectivity index (χ2n) is 10.9. The van der Waals surface area contributed by atoms with Crippen LogP contribution in [0.1, 0.15) is 88.8 Å². The van der Waals surface area contributed by atoms with Gasteiger partial charge in [0.15, 0.2) is 0 Å². The van der Waals surface area contributed by atoms with Crippen LogP contribution in [0, 0.1) is 0 Å². The molecular weight excluding hydrogens is 497 g/mol. The van der Waals surface area contributed by atoms with Crippen LogP contribution in [0.5, 0.6) is 0 Å². The molecule has 2 heterocycles. The first kappa shape index (κ1) is 27.7. The van der Waals surface area contributed by atoms with E-state index in [1.807, 2.05) is 4.90 Å². The molecule has 1 fully saturated rings. The Balaban J connectivity index is 1.49. The number of alkyl halides is 3. The van der Waals surface area contributed by atoms with E-state index in [4.69, 9.17) is 9.26 Å². The van der Waals surface area contributed by atoms with Crippen LogP contribution in [0.2, 0.25) is 0 Å². The molecule has 1 amide bonds. The Kier molecular flexibility index (Phi) is 8.18. The lowest BCUT2D eigenvalue weighted by Gasteiger charge is -2.27. The lowest BCUT2D eigenvalue weighted by atomic mass is 9.92. The molecule has 38 heavy (non-hydrogen) atoms. The molecule has 1 aromatic heterocycles. The number of ether oxygens (including phenoxy) is 1. The number of nitrogens with one attached hydrogen (secondary N) is 1. The van der Waals surface area contributed by atoms with Crippen LogP contribution < -0.4 is 5.32 Å². The number of halogens is 3. The summed E-state index contributed by atoms with van der Waals surface area (Å²) in [6.07, 6.45) is 3.68. The van der Waals surface area contributed by atoms with Gasteiger partial charge in [0.1, 0.15) is 17.5 Å². The minimum Gasteiger partial charge on any atom is -0.444 e. The average molecular weight is 533 g/mol. The maximum Gasteiger partial charge on any atom is 0.416 e. The van der Waals surface area contributed by atoms with Crippen molar-refractivity contribution in [1.29, 1.82) is 0 Å². The lowest BCUT2D eigenvalue weighted by Crippen LogP contribution is -2.37. The number of carbonyl (C=O) groups is 1. The normalized spacial score (nSPS) is 18.3. The fraction of sp³-hybridized carbons (Fsp3) is 0.536. The molecule has 1 saturated heterocycles. The molecule has 10 heteroatoms. The van der Waals surface area contributed by atoms with E-state index >= 15 is 0 Å². The Labute approximate surface area is 221 Å². The molecule has 7 nitrogen and oxygen atoms in total. The van der Waals surface area contributed by atoms with Crippen LogP contribution in [-0.2, 0) is 17.3 Å². The summed E-state index contributed by atoms with van der Waals surface area (Å²) >= 11 is 0. The SMILES string of the molecule is C=C(NC(=O)OC(C)(C)C)N1CCC[C@H]1c1nc(-c2ccc(CCC3=CCCCC3)c(C(F)(F)F)c2)no1. The summed E-state index contributed by atoms with van der Waals surface area (Å²) in [6.45, 7) is 9.83. The Morgan fingerprint density at radius 3 is 2.68 bits per heavy atom. The fourth-order valence-corrected chi connectivity index (χ4v) is 4.95. The maximum absolute atomic E-state index is 14.0. The van der Waals surface area contributed by atoms with Crippen molar-refractivity contribution in [3.63, 3.8) is 0 Å². The summed E-state index contributed by atoms with van der Waals surface area (Å²) in [4.78, 5) is 18.4.